The predicted octanol–water partition coefficient (Wildman–Crippen LogP) is 4.57. The van der Waals surface area contributed by atoms with Crippen LogP contribution in [0.2, 0.25) is 5.02 Å². The molecule has 1 amide bonds. The number of anilines is 1. The van der Waals surface area contributed by atoms with Crippen molar-refractivity contribution in [3.05, 3.63) is 61.1 Å². The molecule has 0 bridgehead atoms. The summed E-state index contributed by atoms with van der Waals surface area (Å²) in [4.78, 5) is 22.7. The molecule has 28 heavy (non-hydrogen) atoms. The highest BCUT2D eigenvalue weighted by Crippen LogP contribution is 2.34. The summed E-state index contributed by atoms with van der Waals surface area (Å²) < 4.78 is 11.0. The van der Waals surface area contributed by atoms with Gasteiger partial charge in [-0.2, -0.15) is 5.26 Å². The third-order valence-electron chi connectivity index (χ3n) is 3.57. The summed E-state index contributed by atoms with van der Waals surface area (Å²) in [5.41, 5.74) is 0.0650. The summed E-state index contributed by atoms with van der Waals surface area (Å²) in [7, 11) is 2.95. The Kier molecular flexibility index (Phi) is 6.98. The van der Waals surface area contributed by atoms with Crippen molar-refractivity contribution in [2.75, 3.05) is 19.5 Å². The third kappa shape index (κ3) is 4.79. The van der Waals surface area contributed by atoms with E-state index in [0.29, 0.717) is 21.5 Å². The number of carbonyl (C=O) groups excluding carboxylic acids is 1. The van der Waals surface area contributed by atoms with E-state index in [4.69, 9.17) is 21.1 Å². The van der Waals surface area contributed by atoms with Crippen molar-refractivity contribution in [3.8, 4) is 17.6 Å². The molecule has 10 heteroatoms. The number of nitrogens with zero attached hydrogens (tertiary/aromatic N) is 2. The second kappa shape index (κ2) is 9.21. The summed E-state index contributed by atoms with van der Waals surface area (Å²) in [5.74, 6) is 0.159. The van der Waals surface area contributed by atoms with Crippen molar-refractivity contribution in [1.82, 2.24) is 0 Å². The lowest BCUT2D eigenvalue weighted by molar-refractivity contribution is -0.384. The van der Waals surface area contributed by atoms with E-state index >= 15 is 0 Å². The quantitative estimate of drug-likeness (QED) is 0.288. The average Bonchev–Trinajstić information content (AvgIpc) is 2.67. The molecule has 0 spiro atoms. The lowest BCUT2D eigenvalue weighted by Gasteiger charge is -2.10. The van der Waals surface area contributed by atoms with Crippen LogP contribution in [0.5, 0.6) is 11.5 Å². The van der Waals surface area contributed by atoms with Gasteiger partial charge in [0.25, 0.3) is 11.6 Å². The molecule has 0 radical (unpaired) electrons. The first-order chi connectivity index (χ1) is 13.3. The van der Waals surface area contributed by atoms with Crippen molar-refractivity contribution >= 4 is 50.9 Å². The number of benzene rings is 2. The van der Waals surface area contributed by atoms with Gasteiger partial charge in [-0.25, -0.2) is 0 Å². The molecule has 0 unspecified atom stereocenters. The SMILES string of the molecule is COc1cc(Br)c(/C=C(\C#N)C(=O)Nc2ccc(Cl)c([N+](=O)[O-])c2)cc1OC. The first-order valence-electron chi connectivity index (χ1n) is 7.59. The maximum Gasteiger partial charge on any atom is 0.289 e. The maximum atomic E-state index is 12.4. The Morgan fingerprint density at radius 2 is 1.93 bits per heavy atom. The zero-order chi connectivity index (χ0) is 20.8. The minimum atomic E-state index is -0.735. The minimum Gasteiger partial charge on any atom is -0.493 e. The van der Waals surface area contributed by atoms with E-state index in [1.54, 1.807) is 12.1 Å². The molecule has 0 aromatic heterocycles. The number of rotatable bonds is 6. The molecule has 8 nitrogen and oxygen atoms in total. The largest absolute Gasteiger partial charge is 0.493 e. The van der Waals surface area contributed by atoms with Crippen LogP contribution >= 0.6 is 27.5 Å². The van der Waals surface area contributed by atoms with E-state index in [0.717, 1.165) is 6.07 Å². The molecular formula is C18H13BrClN3O5. The van der Waals surface area contributed by atoms with E-state index in [1.165, 1.54) is 32.4 Å². The van der Waals surface area contributed by atoms with Gasteiger partial charge in [0.05, 0.1) is 19.1 Å². The van der Waals surface area contributed by atoms with Crippen LogP contribution in [-0.4, -0.2) is 25.1 Å². The maximum absolute atomic E-state index is 12.4. The molecule has 2 aromatic rings. The number of nitro benzene ring substituents is 1. The van der Waals surface area contributed by atoms with Gasteiger partial charge in [0, 0.05) is 16.2 Å². The average molecular weight is 467 g/mol. The van der Waals surface area contributed by atoms with Gasteiger partial charge >= 0.3 is 0 Å². The van der Waals surface area contributed by atoms with Crippen molar-refractivity contribution in [3.63, 3.8) is 0 Å². The van der Waals surface area contributed by atoms with Crippen molar-refractivity contribution < 1.29 is 19.2 Å². The molecule has 0 atom stereocenters. The number of halogens is 2. The number of nitro groups is 1. The Bertz CT molecular complexity index is 1020. The molecule has 0 aliphatic heterocycles. The van der Waals surface area contributed by atoms with E-state index in [-0.39, 0.29) is 22.0 Å². The minimum absolute atomic E-state index is 0.0618. The Morgan fingerprint density at radius 3 is 2.50 bits per heavy atom. The van der Waals surface area contributed by atoms with Gasteiger partial charge in [-0.1, -0.05) is 27.5 Å². The summed E-state index contributed by atoms with van der Waals surface area (Å²) in [6, 6.07) is 8.84. The van der Waals surface area contributed by atoms with Crippen LogP contribution < -0.4 is 14.8 Å². The van der Waals surface area contributed by atoms with Gasteiger partial charge in [0.2, 0.25) is 0 Å². The van der Waals surface area contributed by atoms with E-state index < -0.39 is 10.8 Å². The van der Waals surface area contributed by atoms with Crippen LogP contribution in [0, 0.1) is 21.4 Å². The Hall–Kier alpha value is -3.09. The summed E-state index contributed by atoms with van der Waals surface area (Å²) in [6.45, 7) is 0. The molecular weight excluding hydrogens is 454 g/mol. The van der Waals surface area contributed by atoms with Gasteiger partial charge in [-0.3, -0.25) is 14.9 Å². The summed E-state index contributed by atoms with van der Waals surface area (Å²) >= 11 is 9.10. The van der Waals surface area contributed by atoms with Crippen molar-refractivity contribution in [2.45, 2.75) is 0 Å². The van der Waals surface area contributed by atoms with E-state index in [2.05, 4.69) is 21.2 Å². The number of methoxy groups -OCH3 is 2. The lowest BCUT2D eigenvalue weighted by Crippen LogP contribution is -2.13. The normalized spacial score (nSPS) is 10.8. The van der Waals surface area contributed by atoms with Gasteiger partial charge in [-0.15, -0.1) is 0 Å². The van der Waals surface area contributed by atoms with Gasteiger partial charge in [0.1, 0.15) is 16.7 Å². The molecule has 0 heterocycles. The smallest absolute Gasteiger partial charge is 0.289 e. The van der Waals surface area contributed by atoms with Crippen LogP contribution in [0.4, 0.5) is 11.4 Å². The molecule has 0 saturated carbocycles. The van der Waals surface area contributed by atoms with Crippen LogP contribution in [0.15, 0.2) is 40.4 Å². The number of hydrogen-bond acceptors (Lipinski definition) is 6. The Morgan fingerprint density at radius 1 is 1.29 bits per heavy atom. The van der Waals surface area contributed by atoms with Crippen LogP contribution in [0.1, 0.15) is 5.56 Å². The highest BCUT2D eigenvalue weighted by atomic mass is 79.9. The predicted molar refractivity (Wildman–Crippen MR) is 108 cm³/mol. The van der Waals surface area contributed by atoms with Crippen LogP contribution in [0.25, 0.3) is 6.08 Å². The number of carbonyl (C=O) groups is 1. The molecule has 0 aliphatic carbocycles. The molecule has 2 aromatic carbocycles. The van der Waals surface area contributed by atoms with Gasteiger partial charge < -0.3 is 14.8 Å². The number of nitriles is 1. The lowest BCUT2D eigenvalue weighted by atomic mass is 10.1. The number of hydrogen-bond donors (Lipinski definition) is 1. The molecule has 1 N–H and O–H groups in total. The molecule has 0 aliphatic rings. The third-order valence-corrected chi connectivity index (χ3v) is 4.57. The Labute approximate surface area is 173 Å². The zero-order valence-corrected chi connectivity index (χ0v) is 17.0. The highest BCUT2D eigenvalue weighted by molar-refractivity contribution is 9.10. The van der Waals surface area contributed by atoms with E-state index in [9.17, 15) is 20.2 Å². The second-order valence-electron chi connectivity index (χ2n) is 5.28. The van der Waals surface area contributed by atoms with Crippen LogP contribution in [-0.2, 0) is 4.79 Å². The fourth-order valence-corrected chi connectivity index (χ4v) is 2.84. The van der Waals surface area contributed by atoms with Gasteiger partial charge in [-0.05, 0) is 35.9 Å². The molecule has 0 fully saturated rings. The number of amides is 1. The molecule has 2 rings (SSSR count). The zero-order valence-electron chi connectivity index (χ0n) is 14.7. The standard InChI is InChI=1S/C18H13BrClN3O5/c1-27-16-6-10(13(19)8-17(16)28-2)5-11(9-21)18(24)22-12-3-4-14(20)15(7-12)23(25)26/h3-8H,1-2H3,(H,22,24)/b11-5+. The first kappa shape index (κ1) is 21.2. The van der Waals surface area contributed by atoms with Crippen LogP contribution in [0.3, 0.4) is 0 Å². The Balaban J connectivity index is 2.35. The van der Waals surface area contributed by atoms with E-state index in [1.807, 2.05) is 6.07 Å². The van der Waals surface area contributed by atoms with Gasteiger partial charge in [0.15, 0.2) is 11.5 Å². The summed E-state index contributed by atoms with van der Waals surface area (Å²) in [5, 5.41) is 22.7. The molecule has 144 valence electrons. The van der Waals surface area contributed by atoms with Crippen molar-refractivity contribution in [1.29, 1.82) is 5.26 Å². The summed E-state index contributed by atoms with van der Waals surface area (Å²) in [6.07, 6.45) is 1.35. The number of ether oxygens (including phenoxy) is 2. The topological polar surface area (TPSA) is 114 Å². The number of nitrogens with one attached hydrogen (secondary N) is 1. The second-order valence-corrected chi connectivity index (χ2v) is 6.54. The fourth-order valence-electron chi connectivity index (χ4n) is 2.21. The highest BCUT2D eigenvalue weighted by Gasteiger charge is 2.16. The van der Waals surface area contributed by atoms with Crippen molar-refractivity contribution in [2.24, 2.45) is 0 Å². The molecule has 0 saturated heterocycles. The fraction of sp³-hybridized carbons (Fsp3) is 0.111. The first-order valence-corrected chi connectivity index (χ1v) is 8.76. The monoisotopic (exact) mass is 465 g/mol.